The second kappa shape index (κ2) is 10.4. The molecule has 0 saturated heterocycles. The molecule has 1 amide bonds. The predicted octanol–water partition coefficient (Wildman–Crippen LogP) is 5.84. The molecule has 3 aromatic rings. The van der Waals surface area contributed by atoms with Crippen LogP contribution in [0.3, 0.4) is 0 Å². The van der Waals surface area contributed by atoms with E-state index in [1.807, 2.05) is 36.4 Å². The summed E-state index contributed by atoms with van der Waals surface area (Å²) in [4.78, 5) is 17.3. The molecule has 0 unspecified atom stereocenters. The highest BCUT2D eigenvalue weighted by Crippen LogP contribution is 2.34. The van der Waals surface area contributed by atoms with E-state index < -0.39 is 0 Å². The average Bonchev–Trinajstić information content (AvgIpc) is 3.03. The zero-order valence-electron chi connectivity index (χ0n) is 17.9. The molecule has 0 fully saturated rings. The highest BCUT2D eigenvalue weighted by atomic mass is 32.2. The quantitative estimate of drug-likeness (QED) is 0.341. The average molecular weight is 457 g/mol. The Bertz CT molecular complexity index is 1000. The maximum Gasteiger partial charge on any atom is 0.220 e. The predicted molar refractivity (Wildman–Crippen MR) is 127 cm³/mol. The van der Waals surface area contributed by atoms with Crippen LogP contribution in [0, 0.1) is 5.92 Å². The van der Waals surface area contributed by atoms with E-state index in [0.29, 0.717) is 19.6 Å². The van der Waals surface area contributed by atoms with Gasteiger partial charge in [0.2, 0.25) is 5.91 Å². The van der Waals surface area contributed by atoms with Gasteiger partial charge in [0.1, 0.15) is 0 Å². The summed E-state index contributed by atoms with van der Waals surface area (Å²) in [6.07, 6.45) is 2.20. The molecule has 1 atom stereocenters. The van der Waals surface area contributed by atoms with Crippen molar-refractivity contribution in [3.63, 3.8) is 0 Å². The van der Waals surface area contributed by atoms with Crippen LogP contribution in [0.1, 0.15) is 44.7 Å². The number of fused-ring (bicyclic) bond motifs is 2. The first-order chi connectivity index (χ1) is 15.1. The lowest BCUT2D eigenvalue weighted by molar-refractivity contribution is -0.122. The van der Waals surface area contributed by atoms with Gasteiger partial charge in [-0.2, -0.15) is 0 Å². The second-order valence-corrected chi connectivity index (χ2v) is 10.3. The molecule has 1 aliphatic rings. The maximum absolute atomic E-state index is 12.6. The molecule has 2 heterocycles. The van der Waals surface area contributed by atoms with Gasteiger partial charge in [0.15, 0.2) is 15.8 Å². The number of thiazole rings is 1. The topological polar surface area (TPSA) is 60.5 Å². The summed E-state index contributed by atoms with van der Waals surface area (Å²) in [6.45, 7) is 5.57. The van der Waals surface area contributed by atoms with Crippen molar-refractivity contribution in [1.29, 1.82) is 0 Å². The van der Waals surface area contributed by atoms with Crippen LogP contribution in [0.5, 0.6) is 11.5 Å². The van der Waals surface area contributed by atoms with Gasteiger partial charge in [-0.15, -0.1) is 11.3 Å². The van der Waals surface area contributed by atoms with E-state index in [9.17, 15) is 4.79 Å². The van der Waals surface area contributed by atoms with E-state index in [1.165, 1.54) is 4.70 Å². The van der Waals surface area contributed by atoms with Gasteiger partial charge in [-0.3, -0.25) is 4.79 Å². The Morgan fingerprint density at radius 1 is 1.16 bits per heavy atom. The van der Waals surface area contributed by atoms with Gasteiger partial charge in [0, 0.05) is 18.6 Å². The highest BCUT2D eigenvalue weighted by molar-refractivity contribution is 8.01. The molecule has 4 rings (SSSR count). The van der Waals surface area contributed by atoms with E-state index in [4.69, 9.17) is 9.47 Å². The Kier molecular flexibility index (Phi) is 7.35. The van der Waals surface area contributed by atoms with Crippen molar-refractivity contribution in [3.05, 3.63) is 48.0 Å². The fourth-order valence-corrected chi connectivity index (χ4v) is 5.64. The molecular weight excluding hydrogens is 428 g/mol. The van der Waals surface area contributed by atoms with Crippen LogP contribution in [0.15, 0.2) is 46.8 Å². The molecule has 31 heavy (non-hydrogen) atoms. The number of carbonyl (C=O) groups is 1. The van der Waals surface area contributed by atoms with Crippen molar-refractivity contribution < 1.29 is 14.3 Å². The lowest BCUT2D eigenvalue weighted by atomic mass is 9.95. The molecule has 1 aromatic heterocycles. The van der Waals surface area contributed by atoms with E-state index in [2.05, 4.69) is 30.2 Å². The van der Waals surface area contributed by atoms with Gasteiger partial charge in [-0.25, -0.2) is 4.98 Å². The number of hydrogen-bond acceptors (Lipinski definition) is 6. The SMILES string of the molecule is CC(C)[C@@H](NC(=O)CCCSc1nc2ccccc2s1)c1ccc2c(c1)OCCCO2. The third-order valence-electron chi connectivity index (χ3n) is 5.16. The summed E-state index contributed by atoms with van der Waals surface area (Å²) in [7, 11) is 0. The molecule has 0 aliphatic carbocycles. The van der Waals surface area contributed by atoms with Gasteiger partial charge >= 0.3 is 0 Å². The fraction of sp³-hybridized carbons (Fsp3) is 0.417. The van der Waals surface area contributed by atoms with Crippen molar-refractivity contribution in [2.45, 2.75) is 43.5 Å². The van der Waals surface area contributed by atoms with Gasteiger partial charge in [-0.05, 0) is 42.2 Å². The number of nitrogens with one attached hydrogen (secondary N) is 1. The molecule has 0 saturated carbocycles. The zero-order chi connectivity index (χ0) is 21.6. The van der Waals surface area contributed by atoms with E-state index >= 15 is 0 Å². The van der Waals surface area contributed by atoms with Gasteiger partial charge in [-0.1, -0.05) is 43.8 Å². The number of rotatable bonds is 8. The molecule has 5 nitrogen and oxygen atoms in total. The third-order valence-corrected chi connectivity index (χ3v) is 7.43. The molecule has 164 valence electrons. The van der Waals surface area contributed by atoms with Crippen LogP contribution in [0.25, 0.3) is 10.2 Å². The van der Waals surface area contributed by atoms with Crippen molar-refractivity contribution in [1.82, 2.24) is 10.3 Å². The Morgan fingerprint density at radius 2 is 1.97 bits per heavy atom. The minimum absolute atomic E-state index is 0.0541. The standard InChI is InChI=1S/C24H28N2O3S2/c1-16(2)23(17-10-11-19-20(15-17)29-13-6-12-28-19)26-22(27)9-5-14-30-24-25-18-7-3-4-8-21(18)31-24/h3-4,7-8,10-11,15-16,23H,5-6,9,12-14H2,1-2H3,(H,26,27)/t23-/m1/s1. The number of aromatic nitrogens is 1. The number of ether oxygens (including phenoxy) is 2. The molecule has 1 aliphatic heterocycles. The first-order valence-corrected chi connectivity index (χ1v) is 12.6. The Hall–Kier alpha value is -2.25. The highest BCUT2D eigenvalue weighted by Gasteiger charge is 2.21. The van der Waals surface area contributed by atoms with E-state index in [-0.39, 0.29) is 17.9 Å². The van der Waals surface area contributed by atoms with Gasteiger partial charge < -0.3 is 14.8 Å². The van der Waals surface area contributed by atoms with Crippen LogP contribution < -0.4 is 14.8 Å². The fourth-order valence-electron chi connectivity index (χ4n) is 3.56. The molecule has 0 radical (unpaired) electrons. The lowest BCUT2D eigenvalue weighted by Gasteiger charge is -2.24. The number of benzene rings is 2. The molecule has 0 bridgehead atoms. The summed E-state index contributed by atoms with van der Waals surface area (Å²) in [5, 5.41) is 3.22. The minimum atomic E-state index is -0.0541. The number of para-hydroxylation sites is 1. The van der Waals surface area contributed by atoms with Crippen LogP contribution >= 0.6 is 23.1 Å². The normalized spacial score (nSPS) is 14.4. The van der Waals surface area contributed by atoms with Gasteiger partial charge in [0.05, 0.1) is 29.5 Å². The molecule has 0 spiro atoms. The number of carbonyl (C=O) groups excluding carboxylic acids is 1. The molecule has 7 heteroatoms. The monoisotopic (exact) mass is 456 g/mol. The van der Waals surface area contributed by atoms with Crippen LogP contribution in [0.4, 0.5) is 0 Å². The Labute approximate surface area is 191 Å². The smallest absolute Gasteiger partial charge is 0.220 e. The molecule has 2 aromatic carbocycles. The minimum Gasteiger partial charge on any atom is -0.490 e. The third kappa shape index (κ3) is 5.71. The summed E-state index contributed by atoms with van der Waals surface area (Å²) in [5.41, 5.74) is 2.10. The number of amides is 1. The molecule has 1 N–H and O–H groups in total. The summed E-state index contributed by atoms with van der Waals surface area (Å²) in [6, 6.07) is 14.1. The van der Waals surface area contributed by atoms with Crippen LogP contribution in [0.2, 0.25) is 0 Å². The van der Waals surface area contributed by atoms with Crippen molar-refractivity contribution >= 4 is 39.2 Å². The van der Waals surface area contributed by atoms with E-state index in [1.54, 1.807) is 23.1 Å². The van der Waals surface area contributed by atoms with Crippen molar-refractivity contribution in [2.24, 2.45) is 5.92 Å². The second-order valence-electron chi connectivity index (χ2n) is 7.95. The van der Waals surface area contributed by atoms with E-state index in [0.717, 1.165) is 45.5 Å². The van der Waals surface area contributed by atoms with Gasteiger partial charge in [0.25, 0.3) is 0 Å². The molecular formula is C24H28N2O3S2. The number of thioether (sulfide) groups is 1. The zero-order valence-corrected chi connectivity index (χ0v) is 19.6. The Balaban J connectivity index is 1.30. The largest absolute Gasteiger partial charge is 0.490 e. The Morgan fingerprint density at radius 3 is 2.77 bits per heavy atom. The summed E-state index contributed by atoms with van der Waals surface area (Å²) in [5.74, 6) is 2.77. The number of nitrogens with zero attached hydrogens (tertiary/aromatic N) is 1. The maximum atomic E-state index is 12.6. The first-order valence-electron chi connectivity index (χ1n) is 10.8. The lowest BCUT2D eigenvalue weighted by Crippen LogP contribution is -2.31. The van der Waals surface area contributed by atoms with Crippen molar-refractivity contribution in [3.8, 4) is 11.5 Å². The van der Waals surface area contributed by atoms with Crippen LogP contribution in [-0.2, 0) is 4.79 Å². The van der Waals surface area contributed by atoms with Crippen molar-refractivity contribution in [2.75, 3.05) is 19.0 Å². The summed E-state index contributed by atoms with van der Waals surface area (Å²) >= 11 is 3.43. The number of hydrogen-bond donors (Lipinski definition) is 1. The summed E-state index contributed by atoms with van der Waals surface area (Å²) < 4.78 is 13.8. The van der Waals surface area contributed by atoms with Crippen LogP contribution in [-0.4, -0.2) is 29.9 Å². The first kappa shape index (κ1) is 22.0.